The standard InChI is InChI=1S/C22H19FN2O2S2/c1-28-21-12-19(16(11-17(21)23)18-4-2-3-9-24-18)25-29-20-10-14(22(26)27)7-8-15(20)13-5-6-13/h2-4,7-13,25H,5-6H2,1H3,(H,26,27). The summed E-state index contributed by atoms with van der Waals surface area (Å²) in [5.74, 6) is -0.762. The summed E-state index contributed by atoms with van der Waals surface area (Å²) in [6.07, 6.45) is 5.74. The molecule has 0 atom stereocenters. The Bertz CT molecular complexity index is 1060. The van der Waals surface area contributed by atoms with E-state index in [9.17, 15) is 14.3 Å². The lowest BCUT2D eigenvalue weighted by atomic mass is 10.1. The van der Waals surface area contributed by atoms with Gasteiger partial charge in [-0.05, 0) is 78.9 Å². The van der Waals surface area contributed by atoms with E-state index in [2.05, 4.69) is 9.71 Å². The number of aromatic carboxylic acids is 1. The van der Waals surface area contributed by atoms with Gasteiger partial charge < -0.3 is 9.83 Å². The van der Waals surface area contributed by atoms with Gasteiger partial charge in [-0.2, -0.15) is 0 Å². The molecule has 0 bridgehead atoms. The van der Waals surface area contributed by atoms with E-state index in [1.165, 1.54) is 29.8 Å². The molecule has 0 unspecified atom stereocenters. The van der Waals surface area contributed by atoms with Crippen molar-refractivity contribution < 1.29 is 14.3 Å². The van der Waals surface area contributed by atoms with Crippen LogP contribution in [0.15, 0.2) is 64.5 Å². The zero-order chi connectivity index (χ0) is 20.4. The summed E-state index contributed by atoms with van der Waals surface area (Å²) in [5, 5.41) is 9.35. The summed E-state index contributed by atoms with van der Waals surface area (Å²) in [6, 6.07) is 14.0. The number of carboxylic acid groups (broad SMARTS) is 1. The molecule has 0 radical (unpaired) electrons. The van der Waals surface area contributed by atoms with Crippen LogP contribution in [0.25, 0.3) is 11.3 Å². The van der Waals surface area contributed by atoms with E-state index in [4.69, 9.17) is 0 Å². The fourth-order valence-corrected chi connectivity index (χ4v) is 4.54. The number of thioether (sulfide) groups is 1. The highest BCUT2D eigenvalue weighted by Gasteiger charge is 2.27. The largest absolute Gasteiger partial charge is 0.478 e. The highest BCUT2D eigenvalue weighted by Crippen LogP contribution is 2.45. The number of rotatable bonds is 7. The molecular weight excluding hydrogens is 407 g/mol. The molecule has 2 N–H and O–H groups in total. The smallest absolute Gasteiger partial charge is 0.335 e. The summed E-state index contributed by atoms with van der Waals surface area (Å²) in [7, 11) is 0. The molecule has 0 amide bonds. The van der Waals surface area contributed by atoms with E-state index in [1.807, 2.05) is 30.5 Å². The number of hydrogen-bond acceptors (Lipinski definition) is 5. The van der Waals surface area contributed by atoms with Gasteiger partial charge in [0.25, 0.3) is 0 Å². The van der Waals surface area contributed by atoms with Gasteiger partial charge in [-0.25, -0.2) is 9.18 Å². The van der Waals surface area contributed by atoms with Crippen LogP contribution in [0.2, 0.25) is 0 Å². The molecule has 1 heterocycles. The summed E-state index contributed by atoms with van der Waals surface area (Å²) in [5.41, 5.74) is 3.48. The number of pyridine rings is 1. The van der Waals surface area contributed by atoms with Crippen molar-refractivity contribution in [2.45, 2.75) is 28.6 Å². The van der Waals surface area contributed by atoms with Crippen molar-refractivity contribution in [2.24, 2.45) is 0 Å². The summed E-state index contributed by atoms with van der Waals surface area (Å²) in [6.45, 7) is 0. The van der Waals surface area contributed by atoms with Crippen molar-refractivity contribution in [2.75, 3.05) is 11.0 Å². The maximum atomic E-state index is 14.5. The van der Waals surface area contributed by atoms with Crippen LogP contribution in [-0.2, 0) is 0 Å². The lowest BCUT2D eigenvalue weighted by Gasteiger charge is -2.15. The van der Waals surface area contributed by atoms with Gasteiger partial charge in [-0.3, -0.25) is 4.98 Å². The van der Waals surface area contributed by atoms with Gasteiger partial charge in [0.2, 0.25) is 0 Å². The minimum absolute atomic E-state index is 0.257. The maximum Gasteiger partial charge on any atom is 0.335 e. The molecule has 0 saturated heterocycles. The third kappa shape index (κ3) is 4.41. The number of aromatic nitrogens is 1. The number of carboxylic acids is 1. The predicted molar refractivity (Wildman–Crippen MR) is 116 cm³/mol. The normalized spacial score (nSPS) is 13.3. The SMILES string of the molecule is CSc1cc(NSc2cc(C(=O)O)ccc2C2CC2)c(-c2ccccn2)cc1F. The van der Waals surface area contributed by atoms with Gasteiger partial charge in [0.15, 0.2) is 0 Å². The van der Waals surface area contributed by atoms with E-state index in [1.54, 1.807) is 24.4 Å². The fourth-order valence-electron chi connectivity index (χ4n) is 3.13. The van der Waals surface area contributed by atoms with Crippen LogP contribution in [0.1, 0.15) is 34.7 Å². The summed E-state index contributed by atoms with van der Waals surface area (Å²) >= 11 is 2.70. The molecule has 0 spiro atoms. The van der Waals surface area contributed by atoms with Gasteiger partial charge in [-0.1, -0.05) is 12.1 Å². The number of carbonyl (C=O) groups is 1. The number of nitrogens with zero attached hydrogens (tertiary/aromatic N) is 1. The molecule has 1 saturated carbocycles. The van der Waals surface area contributed by atoms with E-state index in [-0.39, 0.29) is 11.4 Å². The molecule has 148 valence electrons. The number of benzene rings is 2. The Hall–Kier alpha value is -2.51. The van der Waals surface area contributed by atoms with Crippen molar-refractivity contribution in [3.8, 4) is 11.3 Å². The van der Waals surface area contributed by atoms with Crippen LogP contribution in [0, 0.1) is 5.82 Å². The molecule has 7 heteroatoms. The first-order valence-corrected chi connectivity index (χ1v) is 11.2. The Labute approximate surface area is 177 Å². The summed E-state index contributed by atoms with van der Waals surface area (Å²) < 4.78 is 17.8. The average Bonchev–Trinajstić information content (AvgIpc) is 3.58. The minimum atomic E-state index is -0.949. The van der Waals surface area contributed by atoms with Crippen LogP contribution in [0.4, 0.5) is 10.1 Å². The van der Waals surface area contributed by atoms with Crippen molar-refractivity contribution in [3.05, 3.63) is 71.7 Å². The lowest BCUT2D eigenvalue weighted by molar-refractivity contribution is 0.0696. The molecule has 1 fully saturated rings. The van der Waals surface area contributed by atoms with Crippen molar-refractivity contribution in [1.29, 1.82) is 0 Å². The first-order valence-electron chi connectivity index (χ1n) is 9.16. The molecular formula is C22H19FN2O2S2. The average molecular weight is 427 g/mol. The van der Waals surface area contributed by atoms with E-state index in [0.29, 0.717) is 22.1 Å². The molecule has 2 aromatic carbocycles. The highest BCUT2D eigenvalue weighted by atomic mass is 32.2. The first-order chi connectivity index (χ1) is 14.1. The van der Waals surface area contributed by atoms with Gasteiger partial charge >= 0.3 is 5.97 Å². The molecule has 3 aromatic rings. The third-order valence-electron chi connectivity index (χ3n) is 4.78. The Morgan fingerprint density at radius 3 is 2.66 bits per heavy atom. The van der Waals surface area contributed by atoms with Gasteiger partial charge in [0.1, 0.15) is 5.82 Å². The first kappa shape index (κ1) is 19.8. The fraction of sp³-hybridized carbons (Fsp3) is 0.182. The van der Waals surface area contributed by atoms with Gasteiger partial charge in [0, 0.05) is 21.6 Å². The van der Waals surface area contributed by atoms with E-state index >= 15 is 0 Å². The number of nitrogens with one attached hydrogen (secondary N) is 1. The second kappa shape index (κ2) is 8.47. The molecule has 4 rings (SSSR count). The van der Waals surface area contributed by atoms with Gasteiger partial charge in [0.05, 0.1) is 16.9 Å². The zero-order valence-corrected chi connectivity index (χ0v) is 17.3. The van der Waals surface area contributed by atoms with E-state index in [0.717, 1.165) is 29.0 Å². The van der Waals surface area contributed by atoms with Crippen molar-refractivity contribution in [3.63, 3.8) is 0 Å². The third-order valence-corrected chi connectivity index (χ3v) is 6.43. The van der Waals surface area contributed by atoms with Crippen molar-refractivity contribution >= 4 is 35.4 Å². The van der Waals surface area contributed by atoms with Crippen LogP contribution >= 0.6 is 23.7 Å². The number of hydrogen-bond donors (Lipinski definition) is 2. The Morgan fingerprint density at radius 2 is 2.00 bits per heavy atom. The number of anilines is 1. The summed E-state index contributed by atoms with van der Waals surface area (Å²) in [4.78, 5) is 17.2. The minimum Gasteiger partial charge on any atom is -0.478 e. The van der Waals surface area contributed by atoms with Crippen LogP contribution < -0.4 is 4.72 Å². The predicted octanol–water partition coefficient (Wildman–Crippen LogP) is 6.30. The molecule has 1 aromatic heterocycles. The topological polar surface area (TPSA) is 62.2 Å². The van der Waals surface area contributed by atoms with Crippen molar-refractivity contribution in [1.82, 2.24) is 4.98 Å². The van der Waals surface area contributed by atoms with Crippen LogP contribution in [-0.4, -0.2) is 22.3 Å². The number of halogens is 1. The second-order valence-electron chi connectivity index (χ2n) is 6.78. The Morgan fingerprint density at radius 1 is 1.17 bits per heavy atom. The lowest BCUT2D eigenvalue weighted by Crippen LogP contribution is -2.00. The zero-order valence-electron chi connectivity index (χ0n) is 15.7. The molecule has 1 aliphatic carbocycles. The molecule has 1 aliphatic rings. The quantitative estimate of drug-likeness (QED) is 0.341. The monoisotopic (exact) mass is 426 g/mol. The Kier molecular flexibility index (Phi) is 5.78. The maximum absolute atomic E-state index is 14.5. The van der Waals surface area contributed by atoms with E-state index < -0.39 is 5.97 Å². The second-order valence-corrected chi connectivity index (χ2v) is 8.48. The molecule has 0 aliphatic heterocycles. The van der Waals surface area contributed by atoms with Gasteiger partial charge in [-0.15, -0.1) is 11.8 Å². The van der Waals surface area contributed by atoms with Crippen LogP contribution in [0.3, 0.4) is 0 Å². The molecule has 29 heavy (non-hydrogen) atoms. The van der Waals surface area contributed by atoms with Crippen LogP contribution in [0.5, 0.6) is 0 Å². The Balaban J connectivity index is 1.69. The molecule has 4 nitrogen and oxygen atoms in total. The highest BCUT2D eigenvalue weighted by molar-refractivity contribution is 8.00.